The monoisotopic (exact) mass is 382 g/mol. The minimum atomic E-state index is -0.538. The van der Waals surface area contributed by atoms with Gasteiger partial charge in [0.05, 0.1) is 22.9 Å². The number of nitrogens with zero attached hydrogens (tertiary/aromatic N) is 5. The number of rotatable bonds is 2. The number of β-amino-alcohol motifs (C(OH)–C–C–N with tert-alkyl or cyclic N) is 1. The minimum absolute atomic E-state index is 0.210. The van der Waals surface area contributed by atoms with E-state index < -0.39 is 16.0 Å². The van der Waals surface area contributed by atoms with Crippen LogP contribution < -0.4 is 0 Å². The largest absolute Gasteiger partial charge is 0.391 e. The summed E-state index contributed by atoms with van der Waals surface area (Å²) in [5.74, 6) is 0.290. The van der Waals surface area contributed by atoms with Gasteiger partial charge in [-0.3, -0.25) is 0 Å². The van der Waals surface area contributed by atoms with E-state index in [0.717, 1.165) is 6.42 Å². The summed E-state index contributed by atoms with van der Waals surface area (Å²) in [5.41, 5.74) is 0.646. The second-order valence-electron chi connectivity index (χ2n) is 6.05. The first-order chi connectivity index (χ1) is 12.0. The van der Waals surface area contributed by atoms with Crippen LogP contribution >= 0.6 is 23.4 Å². The zero-order chi connectivity index (χ0) is 17.6. The third-order valence-corrected chi connectivity index (χ3v) is 5.12. The molecule has 25 heavy (non-hydrogen) atoms. The molecule has 4 rings (SSSR count). The summed E-state index contributed by atoms with van der Waals surface area (Å²) in [7, 11) is 0. The quantitative estimate of drug-likeness (QED) is 0.799. The van der Waals surface area contributed by atoms with Crippen molar-refractivity contribution >= 4 is 47.5 Å². The molecule has 2 atom stereocenters. The number of aliphatic hydroxyl groups is 1. The molecular weight excluding hydrogens is 368 g/mol. The topological polar surface area (TPSA) is 60.5 Å². The summed E-state index contributed by atoms with van der Waals surface area (Å²) in [5, 5.41) is 14.6. The number of piperidine rings is 1. The zero-order valence-electron chi connectivity index (χ0n) is 13.1. The molecular formula is C16H15Cl2FN5O+. The molecule has 3 heterocycles. The Hall–Kier alpha value is -1.80. The molecule has 130 valence electrons. The van der Waals surface area contributed by atoms with Crippen molar-refractivity contribution in [2.75, 3.05) is 13.1 Å². The van der Waals surface area contributed by atoms with Gasteiger partial charge in [-0.15, -0.1) is 0 Å². The standard InChI is InChI=1S/C16H15Cl2FN5O/c17-12-4-1-5-13(19)14(12)11-7-20-16-21-9-22-24(16,18)15(11)23-6-2-3-10(25)8-23/h1,4-5,7,9-10,25H,2-3,6,8H2/q+1. The highest BCUT2D eigenvalue weighted by molar-refractivity contribution is 6.34. The lowest BCUT2D eigenvalue weighted by atomic mass is 10.0. The normalized spacial score (nSPS) is 28.4. The molecule has 3 aliphatic rings. The minimum Gasteiger partial charge on any atom is -0.391 e. The van der Waals surface area contributed by atoms with Gasteiger partial charge in [0.15, 0.2) is 6.34 Å². The number of likely N-dealkylation sites (tertiary alicyclic amines) is 1. The van der Waals surface area contributed by atoms with Crippen molar-refractivity contribution in [3.8, 4) is 0 Å². The first kappa shape index (κ1) is 16.7. The van der Waals surface area contributed by atoms with Gasteiger partial charge in [-0.25, -0.2) is 4.39 Å². The van der Waals surface area contributed by atoms with Gasteiger partial charge in [-0.1, -0.05) is 17.7 Å². The Morgan fingerprint density at radius 1 is 1.36 bits per heavy atom. The van der Waals surface area contributed by atoms with Crippen molar-refractivity contribution in [3.05, 3.63) is 40.4 Å². The summed E-state index contributed by atoms with van der Waals surface area (Å²) in [6.45, 7) is 1.03. The van der Waals surface area contributed by atoms with Crippen LogP contribution in [0, 0.1) is 5.82 Å². The number of halogens is 3. The molecule has 0 amide bonds. The van der Waals surface area contributed by atoms with E-state index in [4.69, 9.17) is 23.4 Å². The summed E-state index contributed by atoms with van der Waals surface area (Å²) in [6, 6.07) is 4.48. The van der Waals surface area contributed by atoms with Gasteiger partial charge >= 0.3 is 5.96 Å². The number of benzene rings is 1. The average molecular weight is 383 g/mol. The molecule has 2 unspecified atom stereocenters. The van der Waals surface area contributed by atoms with Crippen LogP contribution in [0.15, 0.2) is 39.1 Å². The lowest BCUT2D eigenvalue weighted by Gasteiger charge is -2.37. The van der Waals surface area contributed by atoms with Gasteiger partial charge in [0.2, 0.25) is 11.8 Å². The van der Waals surface area contributed by atoms with Crippen LogP contribution in [-0.2, 0) is 0 Å². The van der Waals surface area contributed by atoms with Crippen molar-refractivity contribution < 1.29 is 13.6 Å². The van der Waals surface area contributed by atoms with Crippen LogP contribution in [0.3, 0.4) is 0 Å². The number of fused-ring (bicyclic) bond motifs is 1. The number of allylic oxidation sites excluding steroid dienone is 1. The lowest BCUT2D eigenvalue weighted by Crippen LogP contribution is -2.49. The first-order valence-corrected chi connectivity index (χ1v) is 8.60. The third kappa shape index (κ3) is 2.67. The second-order valence-corrected chi connectivity index (χ2v) is 6.95. The molecule has 9 heteroatoms. The molecule has 0 aliphatic carbocycles. The van der Waals surface area contributed by atoms with Gasteiger partial charge in [0, 0.05) is 22.8 Å². The second kappa shape index (κ2) is 6.17. The molecule has 0 spiro atoms. The maximum Gasteiger partial charge on any atom is 0.383 e. The van der Waals surface area contributed by atoms with Crippen LogP contribution in [0.1, 0.15) is 18.4 Å². The van der Waals surface area contributed by atoms with Crippen molar-refractivity contribution in [1.29, 1.82) is 0 Å². The van der Waals surface area contributed by atoms with E-state index in [2.05, 4.69) is 15.1 Å². The van der Waals surface area contributed by atoms with E-state index >= 15 is 0 Å². The average Bonchev–Trinajstić information content (AvgIpc) is 2.95. The molecule has 3 aliphatic heterocycles. The molecule has 0 bridgehead atoms. The summed E-state index contributed by atoms with van der Waals surface area (Å²) < 4.78 is 14.0. The Bertz CT molecular complexity index is 833. The molecule has 6 nitrogen and oxygen atoms in total. The van der Waals surface area contributed by atoms with E-state index in [9.17, 15) is 9.50 Å². The molecule has 1 aromatic carbocycles. The SMILES string of the molecule is OC1CCCN(C2=C(c3c(F)cccc3Cl)C=NC3=NC=N[N+]32Cl)C1. The fourth-order valence-corrected chi connectivity index (χ4v) is 3.90. The highest BCUT2D eigenvalue weighted by Crippen LogP contribution is 2.41. The Labute approximate surface area is 153 Å². The molecule has 0 saturated carbocycles. The number of hydrogen-bond donors (Lipinski definition) is 1. The van der Waals surface area contributed by atoms with Crippen molar-refractivity contribution in [2.24, 2.45) is 15.1 Å². The Kier molecular flexibility index (Phi) is 4.11. The van der Waals surface area contributed by atoms with Crippen LogP contribution in [0.4, 0.5) is 4.39 Å². The maximum atomic E-state index is 14.6. The van der Waals surface area contributed by atoms with Crippen LogP contribution in [0.5, 0.6) is 0 Å². The number of aliphatic imine (C=N–C) groups is 2. The fourth-order valence-electron chi connectivity index (χ4n) is 3.31. The fraction of sp³-hybridized carbons (Fsp3) is 0.312. The smallest absolute Gasteiger partial charge is 0.383 e. The van der Waals surface area contributed by atoms with E-state index in [0.29, 0.717) is 30.9 Å². The van der Waals surface area contributed by atoms with E-state index in [1.807, 2.05) is 4.90 Å². The molecule has 1 N–H and O–H groups in total. The Balaban J connectivity index is 1.94. The summed E-state index contributed by atoms with van der Waals surface area (Å²) in [4.78, 5) is 10.2. The maximum absolute atomic E-state index is 14.6. The Morgan fingerprint density at radius 3 is 2.96 bits per heavy atom. The van der Waals surface area contributed by atoms with Gasteiger partial charge in [-0.05, 0) is 30.1 Å². The number of hydrogen-bond acceptors (Lipinski definition) is 5. The van der Waals surface area contributed by atoms with Gasteiger partial charge < -0.3 is 10.0 Å². The molecule has 1 saturated heterocycles. The third-order valence-electron chi connectivity index (χ3n) is 4.41. The molecule has 1 fully saturated rings. The predicted octanol–water partition coefficient (Wildman–Crippen LogP) is 2.97. The number of aliphatic hydroxyl groups excluding tert-OH is 1. The molecule has 0 aromatic heterocycles. The van der Waals surface area contributed by atoms with Gasteiger partial charge in [0.25, 0.3) is 5.82 Å². The van der Waals surface area contributed by atoms with Crippen molar-refractivity contribution in [2.45, 2.75) is 18.9 Å². The molecule has 1 aromatic rings. The summed E-state index contributed by atoms with van der Waals surface area (Å²) >= 11 is 13.0. The molecule has 0 radical (unpaired) electrons. The van der Waals surface area contributed by atoms with Crippen molar-refractivity contribution in [1.82, 2.24) is 4.90 Å². The van der Waals surface area contributed by atoms with Gasteiger partial charge in [0.1, 0.15) is 5.82 Å². The number of guanidine groups is 1. The first-order valence-electron chi connectivity index (χ1n) is 7.88. The van der Waals surface area contributed by atoms with Crippen LogP contribution in [0.25, 0.3) is 5.57 Å². The Morgan fingerprint density at radius 2 is 2.20 bits per heavy atom. The highest BCUT2D eigenvalue weighted by Gasteiger charge is 2.51. The van der Waals surface area contributed by atoms with E-state index in [1.165, 1.54) is 24.7 Å². The van der Waals surface area contributed by atoms with E-state index in [-0.39, 0.29) is 16.5 Å². The van der Waals surface area contributed by atoms with Gasteiger partial charge in [-0.2, -0.15) is 9.98 Å². The van der Waals surface area contributed by atoms with Crippen LogP contribution in [0.2, 0.25) is 5.02 Å². The summed E-state index contributed by atoms with van der Waals surface area (Å²) in [6.07, 6.45) is 3.83. The predicted molar refractivity (Wildman–Crippen MR) is 95.7 cm³/mol. The highest BCUT2D eigenvalue weighted by atomic mass is 35.5. The van der Waals surface area contributed by atoms with Crippen LogP contribution in [-0.4, -0.2) is 51.8 Å². The van der Waals surface area contributed by atoms with Crippen molar-refractivity contribution in [3.63, 3.8) is 0 Å². The number of quaternary nitrogens is 1. The zero-order valence-corrected chi connectivity index (χ0v) is 14.6. The van der Waals surface area contributed by atoms with E-state index in [1.54, 1.807) is 6.07 Å². The lowest BCUT2D eigenvalue weighted by molar-refractivity contribution is -0.692.